The summed E-state index contributed by atoms with van der Waals surface area (Å²) < 4.78 is 5.39. The highest BCUT2D eigenvalue weighted by atomic mass is 35.5. The van der Waals surface area contributed by atoms with Crippen LogP contribution < -0.4 is 0 Å². The van der Waals surface area contributed by atoms with Crippen LogP contribution in [0.3, 0.4) is 0 Å². The standard InChI is InChI=1S/C17H16ClN3OS/c18-14-5-2-1-4-13(14)12-7-8-21(10-12)11-16-19-17(20-22-16)15-6-3-9-23-15/h1-6,9,12H,7-8,10-11H2/t12-/m1/s1. The summed E-state index contributed by atoms with van der Waals surface area (Å²) in [7, 11) is 0. The molecular weight excluding hydrogens is 330 g/mol. The fraction of sp³-hybridized carbons (Fsp3) is 0.294. The van der Waals surface area contributed by atoms with Crippen molar-refractivity contribution in [3.8, 4) is 10.7 Å². The third-order valence-corrected chi connectivity index (χ3v) is 5.40. The van der Waals surface area contributed by atoms with Crippen LogP contribution in [0, 0.1) is 0 Å². The van der Waals surface area contributed by atoms with Gasteiger partial charge in [-0.3, -0.25) is 4.90 Å². The van der Waals surface area contributed by atoms with E-state index in [1.54, 1.807) is 11.3 Å². The van der Waals surface area contributed by atoms with E-state index in [0.29, 0.717) is 24.2 Å². The first-order chi connectivity index (χ1) is 11.3. The van der Waals surface area contributed by atoms with Gasteiger partial charge in [-0.1, -0.05) is 41.0 Å². The van der Waals surface area contributed by atoms with E-state index in [0.717, 1.165) is 29.4 Å². The van der Waals surface area contributed by atoms with Gasteiger partial charge < -0.3 is 4.52 Å². The average molecular weight is 346 g/mol. The van der Waals surface area contributed by atoms with Gasteiger partial charge in [-0.2, -0.15) is 4.98 Å². The fourth-order valence-corrected chi connectivity index (χ4v) is 3.99. The number of aromatic nitrogens is 2. The van der Waals surface area contributed by atoms with Gasteiger partial charge in [-0.15, -0.1) is 11.3 Å². The molecule has 4 rings (SSSR count). The number of benzene rings is 1. The molecule has 0 radical (unpaired) electrons. The lowest BCUT2D eigenvalue weighted by molar-refractivity contribution is 0.265. The van der Waals surface area contributed by atoms with E-state index in [2.05, 4.69) is 27.2 Å². The van der Waals surface area contributed by atoms with E-state index >= 15 is 0 Å². The molecule has 1 aromatic carbocycles. The van der Waals surface area contributed by atoms with Crippen LogP contribution in [-0.2, 0) is 6.54 Å². The Bertz CT molecular complexity index is 787. The predicted octanol–water partition coefficient (Wildman–Crippen LogP) is 4.44. The summed E-state index contributed by atoms with van der Waals surface area (Å²) in [5, 5.41) is 6.94. The summed E-state index contributed by atoms with van der Waals surface area (Å²) >= 11 is 7.93. The molecule has 0 unspecified atom stereocenters. The van der Waals surface area contributed by atoms with Crippen LogP contribution >= 0.6 is 22.9 Å². The van der Waals surface area contributed by atoms with Crippen LogP contribution in [0.5, 0.6) is 0 Å². The normalized spacial score (nSPS) is 18.6. The van der Waals surface area contributed by atoms with Crippen LogP contribution in [-0.4, -0.2) is 28.1 Å². The van der Waals surface area contributed by atoms with E-state index in [1.807, 2.05) is 29.6 Å². The fourth-order valence-electron chi connectivity index (χ4n) is 3.05. The van der Waals surface area contributed by atoms with Gasteiger partial charge >= 0.3 is 0 Å². The summed E-state index contributed by atoms with van der Waals surface area (Å²) in [6.07, 6.45) is 1.11. The van der Waals surface area contributed by atoms with Gasteiger partial charge in [-0.05, 0) is 42.0 Å². The lowest BCUT2D eigenvalue weighted by Gasteiger charge is -2.14. The van der Waals surface area contributed by atoms with Crippen LogP contribution in [0.15, 0.2) is 46.3 Å². The lowest BCUT2D eigenvalue weighted by Crippen LogP contribution is -2.20. The molecule has 3 heterocycles. The molecule has 1 aliphatic heterocycles. The maximum Gasteiger partial charge on any atom is 0.241 e. The van der Waals surface area contributed by atoms with Crippen LogP contribution in [0.1, 0.15) is 23.8 Å². The Kier molecular flexibility index (Phi) is 4.16. The van der Waals surface area contributed by atoms with Gasteiger partial charge in [0.2, 0.25) is 11.7 Å². The summed E-state index contributed by atoms with van der Waals surface area (Å²) in [6, 6.07) is 12.1. The molecule has 1 aliphatic rings. The molecule has 0 spiro atoms. The second kappa shape index (κ2) is 6.43. The molecule has 1 fully saturated rings. The zero-order chi connectivity index (χ0) is 15.6. The van der Waals surface area contributed by atoms with E-state index in [-0.39, 0.29) is 0 Å². The zero-order valence-corrected chi connectivity index (χ0v) is 14.1. The minimum atomic E-state index is 0.475. The van der Waals surface area contributed by atoms with Crippen molar-refractivity contribution in [2.75, 3.05) is 13.1 Å². The smallest absolute Gasteiger partial charge is 0.241 e. The van der Waals surface area contributed by atoms with Crippen molar-refractivity contribution in [2.24, 2.45) is 0 Å². The van der Waals surface area contributed by atoms with Gasteiger partial charge in [0.1, 0.15) is 0 Å². The maximum absolute atomic E-state index is 6.31. The number of hydrogen-bond acceptors (Lipinski definition) is 5. The topological polar surface area (TPSA) is 42.2 Å². The van der Waals surface area contributed by atoms with E-state index in [1.165, 1.54) is 5.56 Å². The number of nitrogens with zero attached hydrogens (tertiary/aromatic N) is 3. The Morgan fingerprint density at radius 3 is 3.00 bits per heavy atom. The molecule has 118 valence electrons. The Hall–Kier alpha value is -1.69. The summed E-state index contributed by atoms with van der Waals surface area (Å²) in [5.74, 6) is 1.83. The molecule has 0 saturated carbocycles. The molecule has 23 heavy (non-hydrogen) atoms. The Morgan fingerprint density at radius 2 is 2.17 bits per heavy atom. The SMILES string of the molecule is Clc1ccccc1[C@@H]1CCN(Cc2nc(-c3cccs3)no2)C1. The molecule has 0 bridgehead atoms. The van der Waals surface area contributed by atoms with Gasteiger partial charge in [0, 0.05) is 11.6 Å². The molecular formula is C17H16ClN3OS. The molecule has 1 saturated heterocycles. The summed E-state index contributed by atoms with van der Waals surface area (Å²) in [5.41, 5.74) is 1.24. The van der Waals surface area contributed by atoms with Crippen molar-refractivity contribution in [3.05, 3.63) is 58.3 Å². The summed E-state index contributed by atoms with van der Waals surface area (Å²) in [6.45, 7) is 2.69. The minimum absolute atomic E-state index is 0.475. The average Bonchev–Trinajstić information content (AvgIpc) is 3.29. The minimum Gasteiger partial charge on any atom is -0.338 e. The molecule has 0 amide bonds. The van der Waals surface area contributed by atoms with Crippen molar-refractivity contribution in [3.63, 3.8) is 0 Å². The molecule has 0 N–H and O–H groups in total. The number of likely N-dealkylation sites (tertiary alicyclic amines) is 1. The van der Waals surface area contributed by atoms with Crippen molar-refractivity contribution in [2.45, 2.75) is 18.9 Å². The molecule has 0 aliphatic carbocycles. The highest BCUT2D eigenvalue weighted by molar-refractivity contribution is 7.13. The predicted molar refractivity (Wildman–Crippen MR) is 91.7 cm³/mol. The molecule has 3 aromatic rings. The molecule has 2 aromatic heterocycles. The number of halogens is 1. The molecule has 6 heteroatoms. The summed E-state index contributed by atoms with van der Waals surface area (Å²) in [4.78, 5) is 7.88. The number of thiophene rings is 1. The first-order valence-corrected chi connectivity index (χ1v) is 8.88. The van der Waals surface area contributed by atoms with E-state index in [9.17, 15) is 0 Å². The third kappa shape index (κ3) is 3.17. The Balaban J connectivity index is 1.42. The second-order valence-corrected chi connectivity index (χ2v) is 7.09. The van der Waals surface area contributed by atoms with Gasteiger partial charge in [0.15, 0.2) is 0 Å². The van der Waals surface area contributed by atoms with Gasteiger partial charge in [0.25, 0.3) is 0 Å². The first kappa shape index (κ1) is 14.9. The van der Waals surface area contributed by atoms with Crippen molar-refractivity contribution in [1.82, 2.24) is 15.0 Å². The largest absolute Gasteiger partial charge is 0.338 e. The van der Waals surface area contributed by atoms with Gasteiger partial charge in [0.05, 0.1) is 11.4 Å². The Labute approximate surface area is 143 Å². The van der Waals surface area contributed by atoms with Crippen LogP contribution in [0.4, 0.5) is 0 Å². The first-order valence-electron chi connectivity index (χ1n) is 7.63. The number of hydrogen-bond donors (Lipinski definition) is 0. The molecule has 4 nitrogen and oxygen atoms in total. The quantitative estimate of drug-likeness (QED) is 0.701. The van der Waals surface area contributed by atoms with E-state index < -0.39 is 0 Å². The maximum atomic E-state index is 6.31. The van der Waals surface area contributed by atoms with E-state index in [4.69, 9.17) is 16.1 Å². The van der Waals surface area contributed by atoms with Crippen molar-refractivity contribution in [1.29, 1.82) is 0 Å². The van der Waals surface area contributed by atoms with Gasteiger partial charge in [-0.25, -0.2) is 0 Å². The third-order valence-electron chi connectivity index (χ3n) is 4.19. The second-order valence-electron chi connectivity index (χ2n) is 5.73. The highest BCUT2D eigenvalue weighted by Gasteiger charge is 2.26. The lowest BCUT2D eigenvalue weighted by atomic mass is 9.98. The monoisotopic (exact) mass is 345 g/mol. The highest BCUT2D eigenvalue weighted by Crippen LogP contribution is 2.32. The van der Waals surface area contributed by atoms with Crippen molar-refractivity contribution < 1.29 is 4.52 Å². The van der Waals surface area contributed by atoms with Crippen LogP contribution in [0.2, 0.25) is 5.02 Å². The number of rotatable bonds is 4. The zero-order valence-electron chi connectivity index (χ0n) is 12.5. The Morgan fingerprint density at radius 1 is 1.26 bits per heavy atom. The van der Waals surface area contributed by atoms with Crippen molar-refractivity contribution >= 4 is 22.9 Å². The molecule has 1 atom stereocenters. The van der Waals surface area contributed by atoms with Crippen LogP contribution in [0.25, 0.3) is 10.7 Å².